The molecular formula is C12H13NO5. The van der Waals surface area contributed by atoms with Crippen molar-refractivity contribution in [3.63, 3.8) is 0 Å². The minimum absolute atomic E-state index is 0.0785. The monoisotopic (exact) mass is 251 g/mol. The van der Waals surface area contributed by atoms with E-state index in [0.717, 1.165) is 0 Å². The van der Waals surface area contributed by atoms with Crippen LogP contribution < -0.4 is 0 Å². The van der Waals surface area contributed by atoms with Crippen molar-refractivity contribution in [1.29, 1.82) is 5.41 Å². The van der Waals surface area contributed by atoms with E-state index >= 15 is 0 Å². The summed E-state index contributed by atoms with van der Waals surface area (Å²) in [6.07, 6.45) is 1.57. The third-order valence-corrected chi connectivity index (χ3v) is 2.07. The number of allylic oxidation sites excluding steroid dienone is 1. The Balaban J connectivity index is 2.83. The fraction of sp³-hybridized carbons (Fsp3) is 0.250. The highest BCUT2D eigenvalue weighted by Gasteiger charge is 2.18. The number of ketones is 1. The molecule has 18 heavy (non-hydrogen) atoms. The van der Waals surface area contributed by atoms with Crippen molar-refractivity contribution in [1.82, 2.24) is 0 Å². The topological polar surface area (TPSA) is 101 Å². The van der Waals surface area contributed by atoms with Crippen molar-refractivity contribution in [2.45, 2.75) is 13.3 Å². The van der Waals surface area contributed by atoms with E-state index in [4.69, 9.17) is 9.83 Å². The minimum Gasteiger partial charge on any atom is -0.511 e. The molecule has 0 amide bonds. The van der Waals surface area contributed by atoms with Crippen LogP contribution in [0.4, 0.5) is 0 Å². The van der Waals surface area contributed by atoms with Gasteiger partial charge in [-0.25, -0.2) is 4.79 Å². The van der Waals surface area contributed by atoms with Gasteiger partial charge < -0.3 is 19.7 Å². The molecule has 0 bridgehead atoms. The molecule has 6 nitrogen and oxygen atoms in total. The molecule has 0 aliphatic rings. The Labute approximate surface area is 103 Å². The van der Waals surface area contributed by atoms with E-state index in [1.165, 1.54) is 18.4 Å². The number of esters is 1. The van der Waals surface area contributed by atoms with Crippen LogP contribution in [-0.2, 0) is 9.53 Å². The summed E-state index contributed by atoms with van der Waals surface area (Å²) in [5.74, 6) is -1.75. The minimum atomic E-state index is -0.836. The fourth-order valence-electron chi connectivity index (χ4n) is 1.24. The zero-order valence-electron chi connectivity index (χ0n) is 9.80. The summed E-state index contributed by atoms with van der Waals surface area (Å²) in [5, 5.41) is 16.7. The molecule has 96 valence electrons. The van der Waals surface area contributed by atoms with E-state index in [9.17, 15) is 14.7 Å². The van der Waals surface area contributed by atoms with Crippen molar-refractivity contribution < 1.29 is 23.8 Å². The highest BCUT2D eigenvalue weighted by Crippen LogP contribution is 2.12. The number of furan rings is 1. The molecule has 0 unspecified atom stereocenters. The summed E-state index contributed by atoms with van der Waals surface area (Å²) >= 11 is 0. The highest BCUT2D eigenvalue weighted by atomic mass is 16.5. The van der Waals surface area contributed by atoms with E-state index in [1.807, 2.05) is 0 Å². The number of carbonyl (C=O) groups is 2. The largest absolute Gasteiger partial charge is 0.511 e. The van der Waals surface area contributed by atoms with Gasteiger partial charge in [-0.05, 0) is 19.1 Å². The average molecular weight is 251 g/mol. The molecular weight excluding hydrogens is 238 g/mol. The molecule has 0 saturated carbocycles. The smallest absolute Gasteiger partial charge is 0.343 e. The maximum Gasteiger partial charge on any atom is 0.343 e. The van der Waals surface area contributed by atoms with Crippen molar-refractivity contribution >= 4 is 18.0 Å². The van der Waals surface area contributed by atoms with Crippen LogP contribution in [0.5, 0.6) is 0 Å². The predicted octanol–water partition coefficient (Wildman–Crippen LogP) is 1.88. The van der Waals surface area contributed by atoms with Gasteiger partial charge in [-0.3, -0.25) is 4.79 Å². The van der Waals surface area contributed by atoms with Crippen molar-refractivity contribution in [3.05, 3.63) is 35.5 Å². The van der Waals surface area contributed by atoms with E-state index in [0.29, 0.717) is 6.21 Å². The molecule has 0 spiro atoms. The lowest BCUT2D eigenvalue weighted by Crippen LogP contribution is -2.13. The lowest BCUT2D eigenvalue weighted by atomic mass is 10.1. The summed E-state index contributed by atoms with van der Waals surface area (Å²) in [7, 11) is 0. The second-order valence-corrected chi connectivity index (χ2v) is 3.30. The molecule has 1 aromatic heterocycles. The number of aliphatic hydroxyl groups excluding tert-OH is 1. The van der Waals surface area contributed by atoms with E-state index < -0.39 is 23.9 Å². The van der Waals surface area contributed by atoms with Crippen molar-refractivity contribution in [3.8, 4) is 0 Å². The van der Waals surface area contributed by atoms with Crippen LogP contribution in [0.15, 0.2) is 34.1 Å². The number of ether oxygens (including phenoxy) is 1. The number of rotatable bonds is 6. The molecule has 0 atom stereocenters. The number of hydrogen-bond donors (Lipinski definition) is 2. The molecule has 6 heteroatoms. The van der Waals surface area contributed by atoms with Gasteiger partial charge in [0.2, 0.25) is 5.78 Å². The second-order valence-electron chi connectivity index (χ2n) is 3.30. The molecule has 0 radical (unpaired) electrons. The van der Waals surface area contributed by atoms with Crippen LogP contribution >= 0.6 is 0 Å². The normalized spacial score (nSPS) is 11.6. The van der Waals surface area contributed by atoms with Crippen LogP contribution in [0.1, 0.15) is 23.9 Å². The zero-order chi connectivity index (χ0) is 13.5. The third kappa shape index (κ3) is 3.31. The molecule has 1 heterocycles. The highest BCUT2D eigenvalue weighted by molar-refractivity contribution is 6.10. The lowest BCUT2D eigenvalue weighted by Gasteiger charge is -2.04. The second kappa shape index (κ2) is 6.39. The Kier molecular flexibility index (Phi) is 4.86. The summed E-state index contributed by atoms with van der Waals surface area (Å²) < 4.78 is 9.51. The Hall–Kier alpha value is -2.37. The van der Waals surface area contributed by atoms with Crippen molar-refractivity contribution in [2.75, 3.05) is 6.61 Å². The van der Waals surface area contributed by atoms with E-state index in [2.05, 4.69) is 4.74 Å². The van der Waals surface area contributed by atoms with Gasteiger partial charge in [-0.15, -0.1) is 0 Å². The molecule has 0 fully saturated rings. The van der Waals surface area contributed by atoms with Gasteiger partial charge in [0.05, 0.1) is 19.3 Å². The molecule has 1 rings (SSSR count). The Morgan fingerprint density at radius 1 is 1.56 bits per heavy atom. The summed E-state index contributed by atoms with van der Waals surface area (Å²) in [6, 6.07) is 2.99. The maximum atomic E-state index is 11.6. The van der Waals surface area contributed by atoms with E-state index in [-0.39, 0.29) is 17.9 Å². The van der Waals surface area contributed by atoms with Gasteiger partial charge in [0.1, 0.15) is 11.3 Å². The lowest BCUT2D eigenvalue weighted by molar-refractivity contribution is -0.138. The third-order valence-electron chi connectivity index (χ3n) is 2.07. The molecule has 2 N–H and O–H groups in total. The summed E-state index contributed by atoms with van der Waals surface area (Å²) in [6.45, 7) is 1.72. The van der Waals surface area contributed by atoms with Gasteiger partial charge in [0, 0.05) is 6.21 Å². The number of nitrogens with one attached hydrogen (secondary N) is 1. The van der Waals surface area contributed by atoms with E-state index in [1.54, 1.807) is 6.92 Å². The molecule has 0 saturated heterocycles. The summed E-state index contributed by atoms with van der Waals surface area (Å²) in [5.41, 5.74) is -0.336. The SMILES string of the molecule is CCOC(=O)/C(C=N)=C(\O)CC(=O)c1ccco1. The first-order valence-corrected chi connectivity index (χ1v) is 5.26. The standard InChI is InChI=1S/C12H13NO5/c1-2-17-12(16)8(7-13)9(14)6-10(15)11-4-3-5-18-11/h3-5,7,13-14H,2,6H2,1H3/b9-8-,13-7?. The van der Waals surface area contributed by atoms with Crippen molar-refractivity contribution in [2.24, 2.45) is 0 Å². The van der Waals surface area contributed by atoms with Gasteiger partial charge in [0.25, 0.3) is 0 Å². The van der Waals surface area contributed by atoms with Crippen LogP contribution in [0.25, 0.3) is 0 Å². The first-order valence-electron chi connectivity index (χ1n) is 5.26. The molecule has 0 aromatic carbocycles. The van der Waals surface area contributed by atoms with Gasteiger partial charge >= 0.3 is 5.97 Å². The van der Waals surface area contributed by atoms with Crippen LogP contribution in [0.2, 0.25) is 0 Å². The molecule has 0 aliphatic carbocycles. The average Bonchev–Trinajstić information content (AvgIpc) is 2.83. The van der Waals surface area contributed by atoms with Crippen LogP contribution in [0.3, 0.4) is 0 Å². The number of carbonyl (C=O) groups excluding carboxylic acids is 2. The summed E-state index contributed by atoms with van der Waals surface area (Å²) in [4.78, 5) is 23.0. The number of Topliss-reactive ketones (excluding diaryl/α,β-unsaturated/α-hetero) is 1. The predicted molar refractivity (Wildman–Crippen MR) is 62.7 cm³/mol. The quantitative estimate of drug-likeness (QED) is 0.264. The Morgan fingerprint density at radius 3 is 2.78 bits per heavy atom. The van der Waals surface area contributed by atoms with Gasteiger partial charge in [-0.2, -0.15) is 0 Å². The van der Waals surface area contributed by atoms with Crippen LogP contribution in [-0.4, -0.2) is 29.7 Å². The molecule has 1 aromatic rings. The fourth-order valence-corrected chi connectivity index (χ4v) is 1.24. The first kappa shape index (κ1) is 13.7. The Bertz CT molecular complexity index is 473. The first-order chi connectivity index (χ1) is 8.60. The Morgan fingerprint density at radius 2 is 2.28 bits per heavy atom. The van der Waals surface area contributed by atoms with Gasteiger partial charge in [0.15, 0.2) is 5.76 Å². The maximum absolute atomic E-state index is 11.6. The number of hydrogen-bond acceptors (Lipinski definition) is 6. The van der Waals surface area contributed by atoms with Crippen LogP contribution in [0, 0.1) is 5.41 Å². The molecule has 0 aliphatic heterocycles. The van der Waals surface area contributed by atoms with Gasteiger partial charge in [-0.1, -0.05) is 0 Å². The zero-order valence-corrected chi connectivity index (χ0v) is 9.80. The number of aliphatic hydroxyl groups is 1.